The van der Waals surface area contributed by atoms with Crippen LogP contribution in [-0.4, -0.2) is 12.4 Å². The molecule has 0 aromatic heterocycles. The first-order valence-corrected chi connectivity index (χ1v) is 8.04. The molecule has 1 aliphatic heterocycles. The molecule has 3 aromatic carbocycles. The maximum absolute atomic E-state index is 12.9. The number of allylic oxidation sites excluding steroid dienone is 2. The fourth-order valence-corrected chi connectivity index (χ4v) is 3.60. The molecule has 0 saturated carbocycles. The average Bonchev–Trinajstić information content (AvgIpc) is 2.98. The highest BCUT2D eigenvalue weighted by atomic mass is 16.5. The Bertz CT molecular complexity index is 1060. The van der Waals surface area contributed by atoms with Crippen LogP contribution in [0.1, 0.15) is 27.0 Å². The number of carbonyl (C=O) groups is 1. The number of rotatable bonds is 2. The van der Waals surface area contributed by atoms with Crippen LogP contribution in [0.25, 0.3) is 22.1 Å². The van der Waals surface area contributed by atoms with E-state index in [1.54, 1.807) is 0 Å². The second-order valence-corrected chi connectivity index (χ2v) is 6.08. The Labute approximate surface area is 139 Å². The first-order chi connectivity index (χ1) is 11.8. The zero-order chi connectivity index (χ0) is 16.1. The van der Waals surface area contributed by atoms with Gasteiger partial charge in [-0.2, -0.15) is 0 Å². The standard InChI is InChI=1S/C22H14O2/c23-21(14-6-2-1-3-7-14)16-12-15-8-4-9-18-20(15)19(13-16)17-10-5-11-24-22(17)18/h1-10,12-13H,11H2. The maximum Gasteiger partial charge on any atom is 0.193 e. The van der Waals surface area contributed by atoms with E-state index in [1.165, 1.54) is 5.39 Å². The van der Waals surface area contributed by atoms with Gasteiger partial charge in [-0.3, -0.25) is 4.79 Å². The fourth-order valence-electron chi connectivity index (χ4n) is 3.60. The number of ketones is 1. The van der Waals surface area contributed by atoms with Crippen molar-refractivity contribution in [3.63, 3.8) is 0 Å². The molecule has 3 aromatic rings. The summed E-state index contributed by atoms with van der Waals surface area (Å²) in [5.74, 6) is 0.983. The normalized spacial score (nSPS) is 14.7. The third-order valence-corrected chi connectivity index (χ3v) is 4.66. The van der Waals surface area contributed by atoms with Crippen LogP contribution in [0, 0.1) is 0 Å². The van der Waals surface area contributed by atoms with Gasteiger partial charge in [-0.25, -0.2) is 0 Å². The molecule has 0 saturated heterocycles. The molecule has 114 valence electrons. The van der Waals surface area contributed by atoms with E-state index in [2.05, 4.69) is 18.2 Å². The third-order valence-electron chi connectivity index (χ3n) is 4.66. The number of ether oxygens (including phenoxy) is 1. The highest BCUT2D eigenvalue weighted by molar-refractivity contribution is 6.18. The Hall–Kier alpha value is -3.13. The SMILES string of the molecule is O=C(c1ccccc1)c1cc2c3c(cccc3c1)C1=C2C=CCO1. The Morgan fingerprint density at radius 1 is 0.875 bits per heavy atom. The van der Waals surface area contributed by atoms with Crippen molar-refractivity contribution in [3.8, 4) is 0 Å². The summed E-state index contributed by atoms with van der Waals surface area (Å²) < 4.78 is 5.87. The van der Waals surface area contributed by atoms with E-state index in [1.807, 2.05) is 54.6 Å². The van der Waals surface area contributed by atoms with Crippen LogP contribution in [-0.2, 0) is 4.74 Å². The lowest BCUT2D eigenvalue weighted by Gasteiger charge is -2.11. The minimum Gasteiger partial charge on any atom is -0.488 e. The molecule has 0 radical (unpaired) electrons. The van der Waals surface area contributed by atoms with Crippen molar-refractivity contribution in [3.05, 3.63) is 95.1 Å². The molecule has 0 spiro atoms. The lowest BCUT2D eigenvalue weighted by Crippen LogP contribution is -2.02. The van der Waals surface area contributed by atoms with Gasteiger partial charge in [-0.15, -0.1) is 0 Å². The predicted octanol–water partition coefficient (Wildman–Crippen LogP) is 4.84. The average molecular weight is 310 g/mol. The van der Waals surface area contributed by atoms with E-state index in [0.717, 1.165) is 27.8 Å². The van der Waals surface area contributed by atoms with Gasteiger partial charge in [0.2, 0.25) is 0 Å². The maximum atomic E-state index is 12.9. The van der Waals surface area contributed by atoms with Gasteiger partial charge in [0.25, 0.3) is 0 Å². The topological polar surface area (TPSA) is 26.3 Å². The molecule has 24 heavy (non-hydrogen) atoms. The van der Waals surface area contributed by atoms with Crippen molar-refractivity contribution in [1.29, 1.82) is 0 Å². The van der Waals surface area contributed by atoms with Crippen molar-refractivity contribution in [2.75, 3.05) is 6.61 Å². The molecule has 2 aliphatic rings. The van der Waals surface area contributed by atoms with Gasteiger partial charge in [0.15, 0.2) is 5.78 Å². The molecule has 0 bridgehead atoms. The lowest BCUT2D eigenvalue weighted by atomic mass is 9.95. The lowest BCUT2D eigenvalue weighted by molar-refractivity contribution is 0.103. The van der Waals surface area contributed by atoms with E-state index in [4.69, 9.17) is 4.74 Å². The van der Waals surface area contributed by atoms with Gasteiger partial charge in [-0.1, -0.05) is 54.6 Å². The third kappa shape index (κ3) is 1.80. The second-order valence-electron chi connectivity index (χ2n) is 6.08. The number of carbonyl (C=O) groups excluding carboxylic acids is 1. The van der Waals surface area contributed by atoms with Crippen LogP contribution in [0.3, 0.4) is 0 Å². The van der Waals surface area contributed by atoms with Gasteiger partial charge < -0.3 is 4.74 Å². The Morgan fingerprint density at radius 2 is 1.75 bits per heavy atom. The highest BCUT2D eigenvalue weighted by Crippen LogP contribution is 2.45. The van der Waals surface area contributed by atoms with Gasteiger partial charge in [0, 0.05) is 27.6 Å². The Balaban J connectivity index is 1.75. The van der Waals surface area contributed by atoms with Crippen LogP contribution in [0.15, 0.2) is 72.8 Å². The molecule has 0 amide bonds. The molecule has 0 atom stereocenters. The molecule has 0 unspecified atom stereocenters. The summed E-state index contributed by atoms with van der Waals surface area (Å²) in [4.78, 5) is 12.9. The van der Waals surface area contributed by atoms with Crippen LogP contribution < -0.4 is 0 Å². The van der Waals surface area contributed by atoms with Crippen molar-refractivity contribution in [2.24, 2.45) is 0 Å². The fraction of sp³-hybridized carbons (Fsp3) is 0.0455. The largest absolute Gasteiger partial charge is 0.488 e. The summed E-state index contributed by atoms with van der Waals surface area (Å²) in [5.41, 5.74) is 4.72. The van der Waals surface area contributed by atoms with E-state index in [-0.39, 0.29) is 5.78 Å². The summed E-state index contributed by atoms with van der Waals surface area (Å²) >= 11 is 0. The number of benzene rings is 3. The van der Waals surface area contributed by atoms with Crippen LogP contribution in [0.4, 0.5) is 0 Å². The Morgan fingerprint density at radius 3 is 2.62 bits per heavy atom. The van der Waals surface area contributed by atoms with Crippen molar-refractivity contribution >= 4 is 27.9 Å². The van der Waals surface area contributed by atoms with E-state index >= 15 is 0 Å². The van der Waals surface area contributed by atoms with Crippen LogP contribution >= 0.6 is 0 Å². The zero-order valence-corrected chi connectivity index (χ0v) is 13.0. The van der Waals surface area contributed by atoms with Crippen molar-refractivity contribution in [2.45, 2.75) is 0 Å². The smallest absolute Gasteiger partial charge is 0.193 e. The molecular formula is C22H14O2. The van der Waals surface area contributed by atoms with Crippen LogP contribution in [0.5, 0.6) is 0 Å². The Kier molecular flexibility index (Phi) is 2.74. The van der Waals surface area contributed by atoms with Crippen LogP contribution in [0.2, 0.25) is 0 Å². The summed E-state index contributed by atoms with van der Waals surface area (Å²) in [6.45, 7) is 0.596. The van der Waals surface area contributed by atoms with Crippen molar-refractivity contribution < 1.29 is 9.53 Å². The summed E-state index contributed by atoms with van der Waals surface area (Å²) in [6.07, 6.45) is 4.12. The summed E-state index contributed by atoms with van der Waals surface area (Å²) in [6, 6.07) is 19.6. The minimum absolute atomic E-state index is 0.0499. The van der Waals surface area contributed by atoms with E-state index < -0.39 is 0 Å². The molecule has 1 aliphatic carbocycles. The predicted molar refractivity (Wildman–Crippen MR) is 95.7 cm³/mol. The van der Waals surface area contributed by atoms with Gasteiger partial charge in [0.05, 0.1) is 0 Å². The molecular weight excluding hydrogens is 296 g/mol. The number of hydrogen-bond donors (Lipinski definition) is 0. The van der Waals surface area contributed by atoms with E-state index in [0.29, 0.717) is 17.7 Å². The molecule has 2 nitrogen and oxygen atoms in total. The number of fused-ring (bicyclic) bond motifs is 2. The molecule has 0 N–H and O–H groups in total. The first kappa shape index (κ1) is 13.3. The zero-order valence-electron chi connectivity index (χ0n) is 13.0. The summed E-state index contributed by atoms with van der Waals surface area (Å²) in [7, 11) is 0. The van der Waals surface area contributed by atoms with Gasteiger partial charge in [0.1, 0.15) is 12.4 Å². The summed E-state index contributed by atoms with van der Waals surface area (Å²) in [5, 5.41) is 2.26. The quantitative estimate of drug-likeness (QED) is 0.633. The first-order valence-electron chi connectivity index (χ1n) is 8.04. The second kappa shape index (κ2) is 4.93. The minimum atomic E-state index is 0.0499. The molecule has 1 heterocycles. The van der Waals surface area contributed by atoms with E-state index in [9.17, 15) is 4.79 Å². The monoisotopic (exact) mass is 310 g/mol. The highest BCUT2D eigenvalue weighted by Gasteiger charge is 2.27. The van der Waals surface area contributed by atoms with Gasteiger partial charge >= 0.3 is 0 Å². The molecule has 2 heteroatoms. The molecule has 5 rings (SSSR count). The molecule has 0 fully saturated rings. The number of hydrogen-bond acceptors (Lipinski definition) is 2. The van der Waals surface area contributed by atoms with Crippen molar-refractivity contribution in [1.82, 2.24) is 0 Å². The van der Waals surface area contributed by atoms with Gasteiger partial charge in [-0.05, 0) is 29.2 Å².